The maximum absolute atomic E-state index is 15.0. The van der Waals surface area contributed by atoms with Gasteiger partial charge in [0.25, 0.3) is 0 Å². The highest BCUT2D eigenvalue weighted by atomic mass is 19.1. The molecular formula is C30H33F2N7O2. The van der Waals surface area contributed by atoms with Gasteiger partial charge in [0.05, 0.1) is 66.2 Å². The van der Waals surface area contributed by atoms with Crippen molar-refractivity contribution in [3.05, 3.63) is 66.1 Å². The van der Waals surface area contributed by atoms with Crippen LogP contribution in [0.5, 0.6) is 5.75 Å². The lowest BCUT2D eigenvalue weighted by molar-refractivity contribution is -0.0198. The molecule has 0 bridgehead atoms. The number of nitrogens with two attached hydrogens (primary N) is 1. The summed E-state index contributed by atoms with van der Waals surface area (Å²) in [6.45, 7) is 6.06. The number of hydrogen-bond donors (Lipinski definition) is 2. The van der Waals surface area contributed by atoms with Gasteiger partial charge in [0.1, 0.15) is 17.4 Å². The first-order valence-electron chi connectivity index (χ1n) is 13.7. The molecule has 1 aliphatic carbocycles. The minimum absolute atomic E-state index is 0.108. The summed E-state index contributed by atoms with van der Waals surface area (Å²) in [6, 6.07) is 9.47. The predicted molar refractivity (Wildman–Crippen MR) is 151 cm³/mol. The summed E-state index contributed by atoms with van der Waals surface area (Å²) in [5.74, 6) is -0.704. The number of nitriles is 1. The van der Waals surface area contributed by atoms with Crippen LogP contribution in [0.2, 0.25) is 0 Å². The average molecular weight is 562 g/mol. The number of anilines is 2. The van der Waals surface area contributed by atoms with Gasteiger partial charge in [0.2, 0.25) is 5.95 Å². The third-order valence-corrected chi connectivity index (χ3v) is 7.29. The molecule has 3 aromatic heterocycles. The van der Waals surface area contributed by atoms with Crippen LogP contribution in [-0.2, 0) is 4.74 Å². The number of benzene rings is 1. The Morgan fingerprint density at radius 1 is 1.17 bits per heavy atom. The Kier molecular flexibility index (Phi) is 8.42. The van der Waals surface area contributed by atoms with E-state index in [0.29, 0.717) is 30.9 Å². The number of ether oxygens (including phenoxy) is 2. The molecule has 1 fully saturated rings. The molecule has 4 atom stereocenters. The van der Waals surface area contributed by atoms with Crippen LogP contribution >= 0.6 is 0 Å². The van der Waals surface area contributed by atoms with Gasteiger partial charge in [0.15, 0.2) is 0 Å². The zero-order valence-electron chi connectivity index (χ0n) is 23.2. The monoisotopic (exact) mass is 561 g/mol. The first-order chi connectivity index (χ1) is 19.7. The molecule has 0 unspecified atom stereocenters. The fourth-order valence-corrected chi connectivity index (χ4v) is 5.57. The van der Waals surface area contributed by atoms with Crippen LogP contribution < -0.4 is 15.8 Å². The van der Waals surface area contributed by atoms with Gasteiger partial charge >= 0.3 is 0 Å². The summed E-state index contributed by atoms with van der Waals surface area (Å²) >= 11 is 0. The van der Waals surface area contributed by atoms with E-state index in [9.17, 15) is 0 Å². The second-order valence-electron chi connectivity index (χ2n) is 10.7. The lowest BCUT2D eigenvalue weighted by Gasteiger charge is -2.39. The van der Waals surface area contributed by atoms with Gasteiger partial charge in [-0.25, -0.2) is 13.8 Å². The van der Waals surface area contributed by atoms with Crippen LogP contribution in [-0.4, -0.2) is 44.4 Å². The molecule has 41 heavy (non-hydrogen) atoms. The van der Waals surface area contributed by atoms with Crippen LogP contribution in [0, 0.1) is 28.9 Å². The van der Waals surface area contributed by atoms with Crippen molar-refractivity contribution in [3.8, 4) is 23.1 Å². The smallest absolute Gasteiger partial charge is 0.229 e. The molecule has 3 N–H and O–H groups in total. The highest BCUT2D eigenvalue weighted by molar-refractivity contribution is 5.66. The number of aromatic nitrogens is 4. The van der Waals surface area contributed by atoms with Crippen LogP contribution in [0.1, 0.15) is 51.5 Å². The van der Waals surface area contributed by atoms with Crippen molar-refractivity contribution in [2.24, 2.45) is 11.7 Å². The summed E-state index contributed by atoms with van der Waals surface area (Å²) in [5, 5.41) is 16.7. The SMILES string of the molecule is CC(C)Oc1cc(F)c(-c2ccc3cnc(Nc4cnccc4[C@H]4C[C@@H](N)[C@@H](OCCC#N)[C@@H](C)C4)n3n2)c(F)c1. The highest BCUT2D eigenvalue weighted by Crippen LogP contribution is 2.40. The molecule has 0 aliphatic heterocycles. The third-order valence-electron chi connectivity index (χ3n) is 7.29. The van der Waals surface area contributed by atoms with Gasteiger partial charge < -0.3 is 20.5 Å². The average Bonchev–Trinajstić information content (AvgIpc) is 3.31. The Balaban J connectivity index is 1.41. The van der Waals surface area contributed by atoms with E-state index in [2.05, 4.69) is 33.4 Å². The van der Waals surface area contributed by atoms with Crippen molar-refractivity contribution in [1.29, 1.82) is 5.26 Å². The van der Waals surface area contributed by atoms with E-state index in [0.717, 1.165) is 29.8 Å². The Morgan fingerprint density at radius 2 is 1.95 bits per heavy atom. The second-order valence-corrected chi connectivity index (χ2v) is 10.7. The quantitative estimate of drug-likeness (QED) is 0.248. The molecule has 1 aliphatic rings. The van der Waals surface area contributed by atoms with Crippen LogP contribution in [0.15, 0.2) is 48.9 Å². The van der Waals surface area contributed by atoms with Gasteiger partial charge in [0, 0.05) is 24.4 Å². The van der Waals surface area contributed by atoms with Crippen molar-refractivity contribution >= 4 is 17.2 Å². The Labute approximate surface area is 237 Å². The third kappa shape index (κ3) is 6.14. The van der Waals surface area contributed by atoms with E-state index in [1.165, 1.54) is 4.52 Å². The predicted octanol–water partition coefficient (Wildman–Crippen LogP) is 5.74. The second kappa shape index (κ2) is 12.2. The number of imidazole rings is 1. The number of hydrogen-bond acceptors (Lipinski definition) is 8. The maximum Gasteiger partial charge on any atom is 0.229 e. The van der Waals surface area contributed by atoms with E-state index < -0.39 is 11.6 Å². The molecular weight excluding hydrogens is 528 g/mol. The van der Waals surface area contributed by atoms with Gasteiger partial charge in [-0.1, -0.05) is 6.92 Å². The van der Waals surface area contributed by atoms with E-state index in [4.69, 9.17) is 20.5 Å². The number of halogens is 2. The molecule has 0 spiro atoms. The van der Waals surface area contributed by atoms with Crippen molar-refractivity contribution in [3.63, 3.8) is 0 Å². The molecule has 0 radical (unpaired) electrons. The lowest BCUT2D eigenvalue weighted by atomic mass is 9.74. The van der Waals surface area contributed by atoms with Crippen LogP contribution in [0.3, 0.4) is 0 Å². The topological polar surface area (TPSA) is 123 Å². The molecule has 3 heterocycles. The summed E-state index contributed by atoms with van der Waals surface area (Å²) in [6.07, 6.45) is 6.66. The molecule has 5 rings (SSSR count). The lowest BCUT2D eigenvalue weighted by Crippen LogP contribution is -2.46. The van der Waals surface area contributed by atoms with Crippen molar-refractivity contribution in [2.75, 3.05) is 11.9 Å². The standard InChI is InChI=1S/C30H33F2N7O2/c1-17(2)41-21-13-23(31)28(24(32)14-21)26-6-5-20-15-36-30(39(20)38-26)37-27-16-35-9-7-22(27)19-11-18(3)29(25(34)12-19)40-10-4-8-33/h5-7,9,13-19,25,29H,4,10-12,34H2,1-3H3,(H,36,37)/t18-,19+,25+,29-/m0/s1. The van der Waals surface area contributed by atoms with Crippen LogP contribution in [0.25, 0.3) is 16.8 Å². The Hall–Kier alpha value is -4.14. The summed E-state index contributed by atoms with van der Waals surface area (Å²) in [5.41, 5.74) is 8.82. The Morgan fingerprint density at radius 3 is 2.66 bits per heavy atom. The minimum Gasteiger partial charge on any atom is -0.491 e. The summed E-state index contributed by atoms with van der Waals surface area (Å²) in [7, 11) is 0. The first-order valence-corrected chi connectivity index (χ1v) is 13.7. The van der Waals surface area contributed by atoms with E-state index in [1.54, 1.807) is 44.6 Å². The Bertz CT molecular complexity index is 1530. The van der Waals surface area contributed by atoms with Gasteiger partial charge in [-0.05, 0) is 62.3 Å². The normalized spacial score (nSPS) is 20.7. The number of nitrogens with zero attached hydrogens (tertiary/aromatic N) is 5. The summed E-state index contributed by atoms with van der Waals surface area (Å²) < 4.78 is 42.9. The fourth-order valence-electron chi connectivity index (χ4n) is 5.57. The van der Waals surface area contributed by atoms with Crippen molar-refractivity contribution < 1.29 is 18.3 Å². The van der Waals surface area contributed by atoms with Gasteiger partial charge in [-0.15, -0.1) is 0 Å². The van der Waals surface area contributed by atoms with E-state index in [1.807, 2.05) is 6.07 Å². The largest absolute Gasteiger partial charge is 0.491 e. The highest BCUT2D eigenvalue weighted by Gasteiger charge is 2.35. The fraction of sp³-hybridized carbons (Fsp3) is 0.400. The minimum atomic E-state index is -0.769. The number of fused-ring (bicyclic) bond motifs is 1. The van der Waals surface area contributed by atoms with Crippen molar-refractivity contribution in [1.82, 2.24) is 19.6 Å². The van der Waals surface area contributed by atoms with Crippen LogP contribution in [0.4, 0.5) is 20.4 Å². The molecule has 0 saturated heterocycles. The number of pyridine rings is 1. The molecule has 9 nitrogen and oxygen atoms in total. The molecule has 1 aromatic carbocycles. The number of nitrogens with one attached hydrogen (secondary N) is 1. The zero-order chi connectivity index (χ0) is 29.1. The first kappa shape index (κ1) is 28.4. The molecule has 1 saturated carbocycles. The van der Waals surface area contributed by atoms with Crippen molar-refractivity contribution in [2.45, 2.75) is 64.2 Å². The molecule has 0 amide bonds. The van der Waals surface area contributed by atoms with Gasteiger partial charge in [-0.2, -0.15) is 14.9 Å². The zero-order valence-corrected chi connectivity index (χ0v) is 23.2. The molecule has 11 heteroatoms. The maximum atomic E-state index is 15.0. The molecule has 214 valence electrons. The number of rotatable bonds is 9. The summed E-state index contributed by atoms with van der Waals surface area (Å²) in [4.78, 5) is 8.77. The molecule has 4 aromatic rings. The van der Waals surface area contributed by atoms with Gasteiger partial charge in [-0.3, -0.25) is 4.98 Å². The van der Waals surface area contributed by atoms with E-state index >= 15 is 8.78 Å². The van der Waals surface area contributed by atoms with E-state index in [-0.39, 0.29) is 47.1 Å².